The summed E-state index contributed by atoms with van der Waals surface area (Å²) in [5.41, 5.74) is 3.86. The molecule has 0 radical (unpaired) electrons. The van der Waals surface area contributed by atoms with Crippen molar-refractivity contribution in [2.45, 2.75) is 53.1 Å². The summed E-state index contributed by atoms with van der Waals surface area (Å²) in [7, 11) is 0. The number of nitrogens with zero attached hydrogens (tertiary/aromatic N) is 3. The van der Waals surface area contributed by atoms with E-state index in [9.17, 15) is 5.11 Å². The van der Waals surface area contributed by atoms with Gasteiger partial charge in [-0.25, -0.2) is 0 Å². The van der Waals surface area contributed by atoms with Crippen LogP contribution in [0.4, 0.5) is 0 Å². The maximum absolute atomic E-state index is 9.32. The molecule has 1 aromatic rings. The topological polar surface area (TPSA) is 41.3 Å². The Morgan fingerprint density at radius 2 is 2.16 bits per heavy atom. The molecule has 1 aliphatic heterocycles. The van der Waals surface area contributed by atoms with Gasteiger partial charge in [-0.1, -0.05) is 6.92 Å². The highest BCUT2D eigenvalue weighted by atomic mass is 16.3. The molecule has 19 heavy (non-hydrogen) atoms. The normalized spacial score (nSPS) is 20.9. The van der Waals surface area contributed by atoms with Crippen molar-refractivity contribution in [1.82, 2.24) is 14.7 Å². The molecular formula is C15H27N3O. The minimum absolute atomic E-state index is 0.323. The molecule has 2 rings (SSSR count). The Bertz CT molecular complexity index is 414. The molecule has 1 saturated heterocycles. The Morgan fingerprint density at radius 1 is 1.37 bits per heavy atom. The third-order valence-electron chi connectivity index (χ3n) is 4.21. The van der Waals surface area contributed by atoms with Crippen molar-refractivity contribution < 1.29 is 5.11 Å². The van der Waals surface area contributed by atoms with Gasteiger partial charge in [-0.15, -0.1) is 0 Å². The summed E-state index contributed by atoms with van der Waals surface area (Å²) in [6.07, 6.45) is 3.49. The highest BCUT2D eigenvalue weighted by Crippen LogP contribution is 2.21. The Kier molecular flexibility index (Phi) is 4.99. The molecule has 1 aliphatic rings. The van der Waals surface area contributed by atoms with Gasteiger partial charge in [0.05, 0.1) is 5.69 Å². The maximum atomic E-state index is 9.32. The number of aliphatic hydroxyl groups excluding tert-OH is 1. The third kappa shape index (κ3) is 3.37. The van der Waals surface area contributed by atoms with Gasteiger partial charge in [0.15, 0.2) is 0 Å². The minimum Gasteiger partial charge on any atom is -0.396 e. The van der Waals surface area contributed by atoms with E-state index in [-0.39, 0.29) is 0 Å². The number of likely N-dealkylation sites (tertiary alicyclic amines) is 1. The van der Waals surface area contributed by atoms with Gasteiger partial charge < -0.3 is 5.11 Å². The summed E-state index contributed by atoms with van der Waals surface area (Å²) in [6, 6.07) is 0. The van der Waals surface area contributed by atoms with Gasteiger partial charge in [-0.05, 0) is 45.6 Å². The smallest absolute Gasteiger partial charge is 0.0641 e. The number of piperidine rings is 1. The van der Waals surface area contributed by atoms with Gasteiger partial charge >= 0.3 is 0 Å². The van der Waals surface area contributed by atoms with Crippen LogP contribution in [0.15, 0.2) is 0 Å². The minimum atomic E-state index is 0.323. The highest BCUT2D eigenvalue weighted by Gasteiger charge is 2.21. The van der Waals surface area contributed by atoms with E-state index in [1.807, 2.05) is 0 Å². The average Bonchev–Trinajstić information content (AvgIpc) is 2.67. The largest absolute Gasteiger partial charge is 0.396 e. The number of rotatable bonds is 5. The molecule has 4 heteroatoms. The molecule has 1 unspecified atom stereocenters. The number of aromatic nitrogens is 2. The second-order valence-electron chi connectivity index (χ2n) is 5.80. The standard InChI is InChI=1S/C15H27N3O/c1-4-7-18-13(3)15(12(2)16-18)10-17-8-5-6-14(9-17)11-19/h14,19H,4-11H2,1-3H3. The van der Waals surface area contributed by atoms with E-state index in [0.29, 0.717) is 12.5 Å². The summed E-state index contributed by atoms with van der Waals surface area (Å²) < 4.78 is 2.14. The molecule has 1 atom stereocenters. The molecule has 4 nitrogen and oxygen atoms in total. The fourth-order valence-electron chi connectivity index (χ4n) is 3.06. The zero-order chi connectivity index (χ0) is 13.8. The molecule has 0 spiro atoms. The first kappa shape index (κ1) is 14.5. The molecule has 0 saturated carbocycles. The van der Waals surface area contributed by atoms with E-state index in [2.05, 4.69) is 35.5 Å². The Balaban J connectivity index is 2.06. The Labute approximate surface area is 116 Å². The van der Waals surface area contributed by atoms with E-state index < -0.39 is 0 Å². The van der Waals surface area contributed by atoms with Crippen LogP contribution in [-0.2, 0) is 13.1 Å². The zero-order valence-corrected chi connectivity index (χ0v) is 12.5. The van der Waals surface area contributed by atoms with Crippen molar-refractivity contribution >= 4 is 0 Å². The van der Waals surface area contributed by atoms with Gasteiger partial charge in [0.25, 0.3) is 0 Å². The summed E-state index contributed by atoms with van der Waals surface area (Å²) in [5.74, 6) is 0.458. The van der Waals surface area contributed by atoms with Crippen molar-refractivity contribution in [1.29, 1.82) is 0 Å². The van der Waals surface area contributed by atoms with E-state index in [0.717, 1.165) is 38.3 Å². The van der Waals surface area contributed by atoms with Gasteiger partial charge in [0.2, 0.25) is 0 Å². The predicted octanol–water partition coefficient (Wildman–Crippen LogP) is 2.11. The van der Waals surface area contributed by atoms with E-state index in [1.165, 1.54) is 24.1 Å². The number of aliphatic hydroxyl groups is 1. The second-order valence-corrected chi connectivity index (χ2v) is 5.80. The van der Waals surface area contributed by atoms with Crippen LogP contribution in [-0.4, -0.2) is 39.5 Å². The maximum Gasteiger partial charge on any atom is 0.0641 e. The van der Waals surface area contributed by atoms with Crippen molar-refractivity contribution in [2.24, 2.45) is 5.92 Å². The highest BCUT2D eigenvalue weighted by molar-refractivity contribution is 5.24. The van der Waals surface area contributed by atoms with Crippen LogP contribution in [0.2, 0.25) is 0 Å². The molecule has 108 valence electrons. The molecule has 0 bridgehead atoms. The SMILES string of the molecule is CCCn1nc(C)c(CN2CCCC(CO)C2)c1C. The predicted molar refractivity (Wildman–Crippen MR) is 77.1 cm³/mol. The van der Waals surface area contributed by atoms with Crippen molar-refractivity contribution in [3.8, 4) is 0 Å². The zero-order valence-electron chi connectivity index (χ0n) is 12.5. The van der Waals surface area contributed by atoms with Crippen LogP contribution in [0.3, 0.4) is 0 Å². The van der Waals surface area contributed by atoms with Crippen LogP contribution < -0.4 is 0 Å². The van der Waals surface area contributed by atoms with Crippen molar-refractivity contribution in [2.75, 3.05) is 19.7 Å². The summed E-state index contributed by atoms with van der Waals surface area (Å²) in [6.45, 7) is 11.0. The lowest BCUT2D eigenvalue weighted by Crippen LogP contribution is -2.36. The summed E-state index contributed by atoms with van der Waals surface area (Å²) in [4.78, 5) is 2.47. The van der Waals surface area contributed by atoms with Gasteiger partial charge in [-0.3, -0.25) is 9.58 Å². The fraction of sp³-hybridized carbons (Fsp3) is 0.800. The molecule has 0 amide bonds. The Morgan fingerprint density at radius 3 is 2.84 bits per heavy atom. The van der Waals surface area contributed by atoms with Crippen molar-refractivity contribution in [3.63, 3.8) is 0 Å². The van der Waals surface area contributed by atoms with E-state index >= 15 is 0 Å². The number of aryl methyl sites for hydroxylation is 2. The number of hydrogen-bond donors (Lipinski definition) is 1. The van der Waals surface area contributed by atoms with Crippen LogP contribution >= 0.6 is 0 Å². The molecule has 1 N–H and O–H groups in total. The summed E-state index contributed by atoms with van der Waals surface area (Å²) in [5, 5.41) is 14.0. The molecule has 2 heterocycles. The molecule has 0 aliphatic carbocycles. The van der Waals surface area contributed by atoms with E-state index in [1.54, 1.807) is 0 Å². The lowest BCUT2D eigenvalue weighted by molar-refractivity contribution is 0.115. The molecule has 1 fully saturated rings. The monoisotopic (exact) mass is 265 g/mol. The van der Waals surface area contributed by atoms with Gasteiger partial charge in [-0.2, -0.15) is 5.10 Å². The van der Waals surface area contributed by atoms with Crippen molar-refractivity contribution in [3.05, 3.63) is 17.0 Å². The molecule has 0 aromatic carbocycles. The van der Waals surface area contributed by atoms with Crippen LogP contribution in [0.25, 0.3) is 0 Å². The van der Waals surface area contributed by atoms with Crippen LogP contribution in [0.5, 0.6) is 0 Å². The fourth-order valence-corrected chi connectivity index (χ4v) is 3.06. The quantitative estimate of drug-likeness (QED) is 0.886. The average molecular weight is 265 g/mol. The van der Waals surface area contributed by atoms with Crippen LogP contribution in [0.1, 0.15) is 43.1 Å². The Hall–Kier alpha value is -0.870. The summed E-state index contributed by atoms with van der Waals surface area (Å²) >= 11 is 0. The first-order valence-corrected chi connectivity index (χ1v) is 7.51. The lowest BCUT2D eigenvalue weighted by Gasteiger charge is -2.31. The lowest BCUT2D eigenvalue weighted by atomic mass is 9.98. The molecular weight excluding hydrogens is 238 g/mol. The van der Waals surface area contributed by atoms with Gasteiger partial charge in [0.1, 0.15) is 0 Å². The third-order valence-corrected chi connectivity index (χ3v) is 4.21. The van der Waals surface area contributed by atoms with Crippen LogP contribution in [0, 0.1) is 19.8 Å². The van der Waals surface area contributed by atoms with E-state index in [4.69, 9.17) is 0 Å². The second kappa shape index (κ2) is 6.53. The van der Waals surface area contributed by atoms with Gasteiger partial charge in [0, 0.05) is 37.5 Å². The molecule has 1 aromatic heterocycles. The number of hydrogen-bond acceptors (Lipinski definition) is 3. The first-order valence-electron chi connectivity index (χ1n) is 7.51. The first-order chi connectivity index (χ1) is 9.15.